The van der Waals surface area contributed by atoms with E-state index in [1.807, 2.05) is 18.2 Å². The number of nitrogens with zero attached hydrogens (tertiary/aromatic N) is 3. The Bertz CT molecular complexity index is 586. The lowest BCUT2D eigenvalue weighted by molar-refractivity contribution is -0.128. The number of hydrogen-bond donors (Lipinski definition) is 0. The van der Waals surface area contributed by atoms with Crippen LogP contribution in [0.5, 0.6) is 0 Å². The Balaban J connectivity index is 2.43. The molecule has 0 aliphatic rings. The summed E-state index contributed by atoms with van der Waals surface area (Å²) in [6.07, 6.45) is 0. The molecule has 0 spiro atoms. The molecule has 0 aliphatic heterocycles. The van der Waals surface area contributed by atoms with Gasteiger partial charge in [0.05, 0.1) is 17.6 Å². The van der Waals surface area contributed by atoms with Crippen LogP contribution in [0.1, 0.15) is 26.6 Å². The average Bonchev–Trinajstić information content (AvgIpc) is 2.67. The third kappa shape index (κ3) is 2.95. The Labute approximate surface area is 114 Å². The molecule has 4 heteroatoms. The third-order valence-corrected chi connectivity index (χ3v) is 3.20. The molecule has 0 atom stereocenters. The van der Waals surface area contributed by atoms with Gasteiger partial charge in [-0.05, 0) is 18.1 Å². The molecule has 1 aromatic carbocycles. The van der Waals surface area contributed by atoms with E-state index < -0.39 is 0 Å². The second kappa shape index (κ2) is 5.43. The summed E-state index contributed by atoms with van der Waals surface area (Å²) in [6, 6.07) is 8.12. The minimum Gasteiger partial charge on any atom is -0.339 e. The van der Waals surface area contributed by atoms with E-state index in [0.29, 0.717) is 12.5 Å². The van der Waals surface area contributed by atoms with Gasteiger partial charge in [-0.1, -0.05) is 26.0 Å². The van der Waals surface area contributed by atoms with Gasteiger partial charge in [0, 0.05) is 20.5 Å². The van der Waals surface area contributed by atoms with Gasteiger partial charge in [-0.2, -0.15) is 0 Å². The smallest absolute Gasteiger partial charge is 0.219 e. The summed E-state index contributed by atoms with van der Waals surface area (Å²) in [4.78, 5) is 17.7. The number of benzene rings is 1. The Morgan fingerprint density at radius 1 is 1.37 bits per heavy atom. The van der Waals surface area contributed by atoms with Gasteiger partial charge in [-0.3, -0.25) is 4.79 Å². The van der Waals surface area contributed by atoms with Crippen molar-refractivity contribution in [1.82, 2.24) is 14.5 Å². The van der Waals surface area contributed by atoms with Gasteiger partial charge in [0.15, 0.2) is 0 Å². The molecular weight excluding hydrogens is 238 g/mol. The van der Waals surface area contributed by atoms with Crippen LogP contribution < -0.4 is 0 Å². The van der Waals surface area contributed by atoms with E-state index in [9.17, 15) is 4.79 Å². The molecule has 1 amide bonds. The molecule has 0 unspecified atom stereocenters. The standard InChI is InChI=1S/C15H21N3O/c1-11(2)9-18-14-8-6-5-7-13(14)16-15(18)10-17(4)12(3)19/h5-8,11H,9-10H2,1-4H3. The van der Waals surface area contributed by atoms with Gasteiger partial charge < -0.3 is 9.47 Å². The number of carbonyl (C=O) groups excluding carboxylic acids is 1. The number of aromatic nitrogens is 2. The molecule has 4 nitrogen and oxygen atoms in total. The van der Waals surface area contributed by atoms with E-state index in [0.717, 1.165) is 23.4 Å². The Morgan fingerprint density at radius 2 is 2.05 bits per heavy atom. The molecule has 1 heterocycles. The van der Waals surface area contributed by atoms with E-state index >= 15 is 0 Å². The number of fused-ring (bicyclic) bond motifs is 1. The van der Waals surface area contributed by atoms with Crippen molar-refractivity contribution in [1.29, 1.82) is 0 Å². The molecule has 0 saturated heterocycles. The summed E-state index contributed by atoms with van der Waals surface area (Å²) in [7, 11) is 1.81. The van der Waals surface area contributed by atoms with Crippen LogP contribution >= 0.6 is 0 Å². The number of imidazole rings is 1. The van der Waals surface area contributed by atoms with Crippen molar-refractivity contribution in [3.05, 3.63) is 30.1 Å². The molecular formula is C15H21N3O. The molecule has 0 N–H and O–H groups in total. The molecule has 0 fully saturated rings. The van der Waals surface area contributed by atoms with Crippen LogP contribution in [-0.2, 0) is 17.9 Å². The zero-order chi connectivity index (χ0) is 14.0. The van der Waals surface area contributed by atoms with E-state index in [2.05, 4.69) is 29.5 Å². The van der Waals surface area contributed by atoms with Crippen LogP contribution in [0.15, 0.2) is 24.3 Å². The highest BCUT2D eigenvalue weighted by molar-refractivity contribution is 5.76. The topological polar surface area (TPSA) is 38.1 Å². The van der Waals surface area contributed by atoms with Crippen LogP contribution in [0.3, 0.4) is 0 Å². The maximum absolute atomic E-state index is 11.4. The first kappa shape index (κ1) is 13.6. The fourth-order valence-electron chi connectivity index (χ4n) is 2.14. The maximum Gasteiger partial charge on any atom is 0.219 e. The molecule has 2 aromatic rings. The van der Waals surface area contributed by atoms with E-state index in [1.54, 1.807) is 18.9 Å². The first-order chi connectivity index (χ1) is 8.99. The second-order valence-corrected chi connectivity index (χ2v) is 5.40. The minimum absolute atomic E-state index is 0.0585. The summed E-state index contributed by atoms with van der Waals surface area (Å²) in [5.41, 5.74) is 2.14. The van der Waals surface area contributed by atoms with Gasteiger partial charge in [-0.25, -0.2) is 4.98 Å². The lowest BCUT2D eigenvalue weighted by Crippen LogP contribution is -2.25. The summed E-state index contributed by atoms with van der Waals surface area (Å²) >= 11 is 0. The first-order valence-corrected chi connectivity index (χ1v) is 6.65. The van der Waals surface area contributed by atoms with E-state index in [1.165, 1.54) is 0 Å². The lowest BCUT2D eigenvalue weighted by Gasteiger charge is -2.17. The van der Waals surface area contributed by atoms with Gasteiger partial charge >= 0.3 is 0 Å². The molecule has 102 valence electrons. The quantitative estimate of drug-likeness (QED) is 0.846. The van der Waals surface area contributed by atoms with Crippen LogP contribution in [-0.4, -0.2) is 27.4 Å². The van der Waals surface area contributed by atoms with Crippen molar-refractivity contribution in [2.24, 2.45) is 5.92 Å². The number of hydrogen-bond acceptors (Lipinski definition) is 2. The monoisotopic (exact) mass is 259 g/mol. The van der Waals surface area contributed by atoms with Crippen molar-refractivity contribution in [2.45, 2.75) is 33.9 Å². The molecule has 1 aromatic heterocycles. The highest BCUT2D eigenvalue weighted by atomic mass is 16.2. The molecule has 0 bridgehead atoms. The number of rotatable bonds is 4. The van der Waals surface area contributed by atoms with Crippen molar-refractivity contribution in [3.8, 4) is 0 Å². The SMILES string of the molecule is CC(=O)N(C)Cc1nc2ccccc2n1CC(C)C. The summed E-state index contributed by atoms with van der Waals surface area (Å²) in [5, 5.41) is 0. The Morgan fingerprint density at radius 3 is 2.68 bits per heavy atom. The molecule has 0 radical (unpaired) electrons. The van der Waals surface area contributed by atoms with E-state index in [4.69, 9.17) is 0 Å². The largest absolute Gasteiger partial charge is 0.339 e. The van der Waals surface area contributed by atoms with Crippen LogP contribution in [0, 0.1) is 5.92 Å². The molecule has 0 aliphatic carbocycles. The van der Waals surface area contributed by atoms with Gasteiger partial charge in [0.2, 0.25) is 5.91 Å². The Kier molecular flexibility index (Phi) is 3.88. The van der Waals surface area contributed by atoms with Gasteiger partial charge in [0.1, 0.15) is 5.82 Å². The van der Waals surface area contributed by atoms with Crippen molar-refractivity contribution < 1.29 is 4.79 Å². The Hall–Kier alpha value is -1.84. The molecule has 2 rings (SSSR count). The normalized spacial score (nSPS) is 11.2. The van der Waals surface area contributed by atoms with Crippen LogP contribution in [0.4, 0.5) is 0 Å². The van der Waals surface area contributed by atoms with Crippen LogP contribution in [0.25, 0.3) is 11.0 Å². The van der Waals surface area contributed by atoms with Crippen molar-refractivity contribution >= 4 is 16.9 Å². The highest BCUT2D eigenvalue weighted by Crippen LogP contribution is 2.18. The predicted molar refractivity (Wildman–Crippen MR) is 76.7 cm³/mol. The number of amides is 1. The fourth-order valence-corrected chi connectivity index (χ4v) is 2.14. The average molecular weight is 259 g/mol. The number of carbonyl (C=O) groups is 1. The minimum atomic E-state index is 0.0585. The maximum atomic E-state index is 11.4. The predicted octanol–water partition coefficient (Wildman–Crippen LogP) is 2.67. The third-order valence-electron chi connectivity index (χ3n) is 3.20. The summed E-state index contributed by atoms with van der Waals surface area (Å²) in [5.74, 6) is 1.55. The zero-order valence-electron chi connectivity index (χ0n) is 12.1. The molecule has 0 saturated carbocycles. The first-order valence-electron chi connectivity index (χ1n) is 6.65. The van der Waals surface area contributed by atoms with Crippen molar-refractivity contribution in [3.63, 3.8) is 0 Å². The van der Waals surface area contributed by atoms with Crippen LogP contribution in [0.2, 0.25) is 0 Å². The second-order valence-electron chi connectivity index (χ2n) is 5.40. The lowest BCUT2D eigenvalue weighted by atomic mass is 10.2. The highest BCUT2D eigenvalue weighted by Gasteiger charge is 2.14. The molecule has 19 heavy (non-hydrogen) atoms. The zero-order valence-corrected chi connectivity index (χ0v) is 12.1. The van der Waals surface area contributed by atoms with Gasteiger partial charge in [0.25, 0.3) is 0 Å². The van der Waals surface area contributed by atoms with Crippen molar-refractivity contribution in [2.75, 3.05) is 7.05 Å². The van der Waals surface area contributed by atoms with E-state index in [-0.39, 0.29) is 5.91 Å². The summed E-state index contributed by atoms with van der Waals surface area (Å²) in [6.45, 7) is 7.42. The van der Waals surface area contributed by atoms with Gasteiger partial charge in [-0.15, -0.1) is 0 Å². The number of para-hydroxylation sites is 2. The summed E-state index contributed by atoms with van der Waals surface area (Å²) < 4.78 is 2.22. The fraction of sp³-hybridized carbons (Fsp3) is 0.467.